The highest BCUT2D eigenvalue weighted by molar-refractivity contribution is 5.87. The number of para-hydroxylation sites is 1. The van der Waals surface area contributed by atoms with Crippen molar-refractivity contribution in [3.05, 3.63) is 70.9 Å². The molecule has 25 heavy (non-hydrogen) atoms. The van der Waals surface area contributed by atoms with E-state index in [-0.39, 0.29) is 6.04 Å². The molecular weight excluding hydrogens is 312 g/mol. The molecule has 4 rings (SSSR count). The minimum absolute atomic E-state index is 0.140. The lowest BCUT2D eigenvalue weighted by atomic mass is 9.89. The summed E-state index contributed by atoms with van der Waals surface area (Å²) >= 11 is 0. The van der Waals surface area contributed by atoms with E-state index in [4.69, 9.17) is 0 Å². The summed E-state index contributed by atoms with van der Waals surface area (Å²) in [7, 11) is 0. The number of carboxylic acid groups (broad SMARTS) is 1. The van der Waals surface area contributed by atoms with Gasteiger partial charge in [0.05, 0.1) is 6.04 Å². The van der Waals surface area contributed by atoms with Gasteiger partial charge in [-0.15, -0.1) is 0 Å². The third kappa shape index (κ3) is 2.72. The van der Waals surface area contributed by atoms with Gasteiger partial charge in [-0.3, -0.25) is 10.1 Å². The highest BCUT2D eigenvalue weighted by Gasteiger charge is 2.33. The van der Waals surface area contributed by atoms with Crippen LogP contribution < -0.4 is 5.32 Å². The SMILES string of the molecule is CC(C)c1ccc(C2NC(C(=O)O)Cc3c2[nH]c2ccccc32)cc1. The third-order valence-corrected chi connectivity index (χ3v) is 5.15. The van der Waals surface area contributed by atoms with E-state index >= 15 is 0 Å². The molecule has 0 saturated carbocycles. The van der Waals surface area contributed by atoms with Crippen LogP contribution in [-0.4, -0.2) is 22.1 Å². The zero-order valence-electron chi connectivity index (χ0n) is 14.4. The molecule has 0 aliphatic carbocycles. The summed E-state index contributed by atoms with van der Waals surface area (Å²) in [5.41, 5.74) is 5.62. The minimum atomic E-state index is -0.806. The van der Waals surface area contributed by atoms with Gasteiger partial charge in [0.1, 0.15) is 6.04 Å². The Balaban J connectivity index is 1.83. The van der Waals surface area contributed by atoms with Gasteiger partial charge in [0, 0.05) is 23.0 Å². The largest absolute Gasteiger partial charge is 0.480 e. The zero-order chi connectivity index (χ0) is 17.6. The molecule has 0 saturated heterocycles. The molecular formula is C21H22N2O2. The Labute approximate surface area is 146 Å². The summed E-state index contributed by atoms with van der Waals surface area (Å²) in [4.78, 5) is 15.2. The van der Waals surface area contributed by atoms with Gasteiger partial charge in [-0.1, -0.05) is 56.3 Å². The predicted molar refractivity (Wildman–Crippen MR) is 98.9 cm³/mol. The molecule has 2 aromatic carbocycles. The van der Waals surface area contributed by atoms with Gasteiger partial charge in [0.15, 0.2) is 0 Å². The first-order valence-corrected chi connectivity index (χ1v) is 8.73. The van der Waals surface area contributed by atoms with Crippen LogP contribution in [0.4, 0.5) is 0 Å². The zero-order valence-corrected chi connectivity index (χ0v) is 14.4. The van der Waals surface area contributed by atoms with Crippen LogP contribution in [0.3, 0.4) is 0 Å². The van der Waals surface area contributed by atoms with Gasteiger partial charge in [-0.25, -0.2) is 0 Å². The van der Waals surface area contributed by atoms with Crippen LogP contribution in [0, 0.1) is 0 Å². The molecule has 1 aliphatic rings. The summed E-state index contributed by atoms with van der Waals surface area (Å²) in [6.07, 6.45) is 0.495. The van der Waals surface area contributed by atoms with Crippen LogP contribution in [0.25, 0.3) is 10.9 Å². The number of benzene rings is 2. The van der Waals surface area contributed by atoms with Gasteiger partial charge >= 0.3 is 5.97 Å². The first kappa shape index (κ1) is 15.9. The molecule has 0 bridgehead atoms. The van der Waals surface area contributed by atoms with Gasteiger partial charge < -0.3 is 10.1 Å². The Morgan fingerprint density at radius 1 is 1.12 bits per heavy atom. The number of hydrogen-bond acceptors (Lipinski definition) is 2. The van der Waals surface area contributed by atoms with Gasteiger partial charge in [-0.05, 0) is 28.7 Å². The molecule has 2 unspecified atom stereocenters. The number of aliphatic carboxylic acids is 1. The maximum Gasteiger partial charge on any atom is 0.321 e. The number of fused-ring (bicyclic) bond motifs is 3. The Morgan fingerprint density at radius 3 is 2.52 bits per heavy atom. The second kappa shape index (κ2) is 6.05. The minimum Gasteiger partial charge on any atom is -0.480 e. The molecule has 3 aromatic rings. The van der Waals surface area contributed by atoms with E-state index in [0.717, 1.165) is 27.7 Å². The molecule has 2 atom stereocenters. The smallest absolute Gasteiger partial charge is 0.321 e. The fourth-order valence-corrected chi connectivity index (χ4v) is 3.73. The summed E-state index contributed by atoms with van der Waals surface area (Å²) in [6.45, 7) is 4.34. The molecule has 128 valence electrons. The molecule has 0 radical (unpaired) electrons. The first-order chi connectivity index (χ1) is 12.0. The van der Waals surface area contributed by atoms with Crippen LogP contribution in [-0.2, 0) is 11.2 Å². The number of carboxylic acids is 1. The topological polar surface area (TPSA) is 65.1 Å². The van der Waals surface area contributed by atoms with Crippen LogP contribution in [0.5, 0.6) is 0 Å². The monoisotopic (exact) mass is 334 g/mol. The Hall–Kier alpha value is -2.59. The second-order valence-electron chi connectivity index (χ2n) is 7.08. The van der Waals surface area contributed by atoms with E-state index in [1.54, 1.807) is 0 Å². The number of aromatic nitrogens is 1. The number of nitrogens with one attached hydrogen (secondary N) is 2. The van der Waals surface area contributed by atoms with Gasteiger partial charge in [0.2, 0.25) is 0 Å². The average Bonchev–Trinajstić information content (AvgIpc) is 2.99. The molecule has 1 aliphatic heterocycles. The lowest BCUT2D eigenvalue weighted by Crippen LogP contribution is -2.44. The van der Waals surface area contributed by atoms with E-state index in [1.165, 1.54) is 5.56 Å². The van der Waals surface area contributed by atoms with E-state index in [1.807, 2.05) is 18.2 Å². The van der Waals surface area contributed by atoms with E-state index in [0.29, 0.717) is 12.3 Å². The van der Waals surface area contributed by atoms with Crippen LogP contribution in [0.2, 0.25) is 0 Å². The number of aromatic amines is 1. The summed E-state index contributed by atoms with van der Waals surface area (Å²) in [6, 6.07) is 15.9. The Kier molecular flexibility index (Phi) is 3.85. The molecule has 4 heteroatoms. The molecule has 1 aromatic heterocycles. The lowest BCUT2D eigenvalue weighted by molar-refractivity contribution is -0.139. The van der Waals surface area contributed by atoms with Crippen molar-refractivity contribution in [2.45, 2.75) is 38.3 Å². The standard InChI is InChI=1S/C21H22N2O2/c1-12(2)13-7-9-14(10-8-13)19-20-16(11-18(23-19)21(24)25)15-5-3-4-6-17(15)22-20/h3-10,12,18-19,22-23H,11H2,1-2H3,(H,24,25). The fraction of sp³-hybridized carbons (Fsp3) is 0.286. The fourth-order valence-electron chi connectivity index (χ4n) is 3.73. The number of H-pyrrole nitrogens is 1. The molecule has 3 N–H and O–H groups in total. The van der Waals surface area contributed by atoms with Crippen molar-refractivity contribution in [1.29, 1.82) is 0 Å². The van der Waals surface area contributed by atoms with Crippen molar-refractivity contribution in [3.63, 3.8) is 0 Å². The molecule has 2 heterocycles. The van der Waals surface area contributed by atoms with Crippen LogP contribution >= 0.6 is 0 Å². The van der Waals surface area contributed by atoms with Gasteiger partial charge in [-0.2, -0.15) is 0 Å². The highest BCUT2D eigenvalue weighted by atomic mass is 16.4. The van der Waals surface area contributed by atoms with Crippen molar-refractivity contribution >= 4 is 16.9 Å². The molecule has 0 spiro atoms. The Bertz CT molecular complexity index is 925. The maximum absolute atomic E-state index is 11.7. The number of carbonyl (C=O) groups is 1. The van der Waals surface area contributed by atoms with Crippen molar-refractivity contribution in [3.8, 4) is 0 Å². The first-order valence-electron chi connectivity index (χ1n) is 8.73. The van der Waals surface area contributed by atoms with Crippen LogP contribution in [0.1, 0.15) is 48.2 Å². The van der Waals surface area contributed by atoms with Crippen molar-refractivity contribution in [2.24, 2.45) is 0 Å². The molecule has 4 nitrogen and oxygen atoms in total. The second-order valence-corrected chi connectivity index (χ2v) is 7.08. The number of rotatable bonds is 3. The van der Waals surface area contributed by atoms with Crippen LogP contribution in [0.15, 0.2) is 48.5 Å². The summed E-state index contributed by atoms with van der Waals surface area (Å²) in [5.74, 6) is -0.330. The molecule has 0 fully saturated rings. The highest BCUT2D eigenvalue weighted by Crippen LogP contribution is 2.35. The Morgan fingerprint density at radius 2 is 1.84 bits per heavy atom. The van der Waals surface area contributed by atoms with Gasteiger partial charge in [0.25, 0.3) is 0 Å². The predicted octanol–water partition coefficient (Wildman–Crippen LogP) is 3.98. The van der Waals surface area contributed by atoms with E-state index in [9.17, 15) is 9.90 Å². The van der Waals surface area contributed by atoms with E-state index in [2.05, 4.69) is 54.5 Å². The van der Waals surface area contributed by atoms with E-state index < -0.39 is 12.0 Å². The quantitative estimate of drug-likeness (QED) is 0.679. The summed E-state index contributed by atoms with van der Waals surface area (Å²) in [5, 5.41) is 14.0. The number of hydrogen-bond donors (Lipinski definition) is 3. The lowest BCUT2D eigenvalue weighted by Gasteiger charge is -2.29. The maximum atomic E-state index is 11.7. The normalized spacial score (nSPS) is 20.0. The summed E-state index contributed by atoms with van der Waals surface area (Å²) < 4.78 is 0. The molecule has 0 amide bonds. The average molecular weight is 334 g/mol. The third-order valence-electron chi connectivity index (χ3n) is 5.15. The van der Waals surface area contributed by atoms with Crippen molar-refractivity contribution in [2.75, 3.05) is 0 Å². The van der Waals surface area contributed by atoms with Crippen molar-refractivity contribution < 1.29 is 9.90 Å². The van der Waals surface area contributed by atoms with Crippen molar-refractivity contribution in [1.82, 2.24) is 10.3 Å².